The van der Waals surface area contributed by atoms with Crippen molar-refractivity contribution in [2.45, 2.75) is 37.1 Å². The van der Waals surface area contributed by atoms with Crippen molar-refractivity contribution in [3.8, 4) is 5.75 Å². The van der Waals surface area contributed by atoms with Crippen molar-refractivity contribution in [2.75, 3.05) is 58.7 Å². The highest BCUT2D eigenvalue weighted by atomic mass is 32.2. The van der Waals surface area contributed by atoms with Crippen molar-refractivity contribution in [3.63, 3.8) is 0 Å². The Balaban J connectivity index is 1.44. The number of nitrogens with zero attached hydrogens (tertiary/aromatic N) is 3. The molecule has 1 unspecified atom stereocenters. The summed E-state index contributed by atoms with van der Waals surface area (Å²) in [6.45, 7) is 7.16. The maximum Gasteiger partial charge on any atom is 0.236 e. The van der Waals surface area contributed by atoms with E-state index in [0.29, 0.717) is 29.8 Å². The number of hydrogen-bond acceptors (Lipinski definition) is 6. The average Bonchev–Trinajstić information content (AvgIpc) is 2.73. The molecule has 2 aliphatic heterocycles. The molecule has 2 fully saturated rings. The molecule has 0 radical (unpaired) electrons. The molecule has 2 heterocycles. The summed E-state index contributed by atoms with van der Waals surface area (Å²) in [6, 6.07) is 6.97. The number of benzene rings is 1. The van der Waals surface area contributed by atoms with Gasteiger partial charge in [0, 0.05) is 45.3 Å². The first-order valence-corrected chi connectivity index (χ1v) is 12.2. The second kappa shape index (κ2) is 9.91. The van der Waals surface area contributed by atoms with Crippen LogP contribution in [0.15, 0.2) is 29.2 Å². The number of carbonyl (C=O) groups is 1. The summed E-state index contributed by atoms with van der Waals surface area (Å²) in [5.74, 6) is 0.864. The van der Waals surface area contributed by atoms with Gasteiger partial charge < -0.3 is 9.64 Å². The number of piperazine rings is 1. The molecule has 7 nitrogen and oxygen atoms in total. The number of sulfone groups is 1. The molecule has 0 bridgehead atoms. The summed E-state index contributed by atoms with van der Waals surface area (Å²) >= 11 is 0. The zero-order valence-corrected chi connectivity index (χ0v) is 18.4. The fourth-order valence-electron chi connectivity index (χ4n) is 4.08. The van der Waals surface area contributed by atoms with Crippen LogP contribution in [0, 0.1) is 0 Å². The lowest BCUT2D eigenvalue weighted by Crippen LogP contribution is -2.52. The Bertz CT molecular complexity index is 791. The van der Waals surface area contributed by atoms with Crippen molar-refractivity contribution >= 4 is 15.7 Å². The van der Waals surface area contributed by atoms with E-state index in [2.05, 4.69) is 16.7 Å². The fraction of sp³-hybridized carbons (Fsp3) is 0.667. The number of hydrogen-bond donors (Lipinski definition) is 0. The number of methoxy groups -OCH3 is 1. The quantitative estimate of drug-likeness (QED) is 0.662. The van der Waals surface area contributed by atoms with Crippen LogP contribution in [0.5, 0.6) is 5.75 Å². The summed E-state index contributed by atoms with van der Waals surface area (Å²) in [5.41, 5.74) is 0. The maximum absolute atomic E-state index is 12.6. The number of rotatable bonds is 7. The van der Waals surface area contributed by atoms with E-state index in [1.807, 2.05) is 4.90 Å². The number of likely N-dealkylation sites (tertiary alicyclic amines) is 1. The molecule has 162 valence electrons. The van der Waals surface area contributed by atoms with Gasteiger partial charge in [0.05, 0.1) is 24.3 Å². The monoisotopic (exact) mass is 423 g/mol. The van der Waals surface area contributed by atoms with Gasteiger partial charge in [-0.05, 0) is 44.4 Å². The Morgan fingerprint density at radius 1 is 1.10 bits per heavy atom. The lowest BCUT2D eigenvalue weighted by Gasteiger charge is -2.38. The molecule has 0 spiro atoms. The van der Waals surface area contributed by atoms with E-state index in [1.54, 1.807) is 24.3 Å². The second-order valence-electron chi connectivity index (χ2n) is 8.05. The highest BCUT2D eigenvalue weighted by Gasteiger charge is 2.26. The Labute approximate surface area is 174 Å². The van der Waals surface area contributed by atoms with Gasteiger partial charge in [0.25, 0.3) is 0 Å². The third-order valence-corrected chi connectivity index (χ3v) is 7.72. The molecular weight excluding hydrogens is 390 g/mol. The third-order valence-electron chi connectivity index (χ3n) is 6.02. The van der Waals surface area contributed by atoms with E-state index < -0.39 is 9.84 Å². The SMILES string of the molecule is COc1cccc(S(=O)(=O)CCN2CCN(CC(=O)N3CCCCC3C)CC2)c1. The van der Waals surface area contributed by atoms with Gasteiger partial charge in [0.1, 0.15) is 5.75 Å². The van der Waals surface area contributed by atoms with Crippen LogP contribution in [0.1, 0.15) is 26.2 Å². The van der Waals surface area contributed by atoms with E-state index in [1.165, 1.54) is 13.5 Å². The molecule has 2 saturated heterocycles. The predicted molar refractivity (Wildman–Crippen MR) is 113 cm³/mol. The van der Waals surface area contributed by atoms with E-state index in [9.17, 15) is 13.2 Å². The highest BCUT2D eigenvalue weighted by Crippen LogP contribution is 2.19. The standard InChI is InChI=1S/C21H33N3O4S/c1-18-6-3-4-9-24(18)21(25)17-23-12-10-22(11-13-23)14-15-29(26,27)20-8-5-7-19(16-20)28-2/h5,7-8,16,18H,3-4,6,9-15,17H2,1-2H3. The number of ether oxygens (including phenoxy) is 1. The molecule has 1 aromatic rings. The molecule has 3 rings (SSSR count). The van der Waals surface area contributed by atoms with Crippen LogP contribution in [-0.4, -0.2) is 93.7 Å². The van der Waals surface area contributed by atoms with Gasteiger partial charge in [-0.25, -0.2) is 8.42 Å². The molecule has 0 aromatic heterocycles. The van der Waals surface area contributed by atoms with Crippen molar-refractivity contribution < 1.29 is 17.9 Å². The Kier molecular flexibility index (Phi) is 7.54. The Morgan fingerprint density at radius 2 is 1.83 bits per heavy atom. The number of amides is 1. The van der Waals surface area contributed by atoms with E-state index >= 15 is 0 Å². The number of piperidine rings is 1. The molecule has 0 saturated carbocycles. The van der Waals surface area contributed by atoms with E-state index in [0.717, 1.165) is 45.6 Å². The summed E-state index contributed by atoms with van der Waals surface area (Å²) in [6.07, 6.45) is 3.41. The van der Waals surface area contributed by atoms with Gasteiger partial charge in [-0.2, -0.15) is 0 Å². The minimum absolute atomic E-state index is 0.0877. The number of carbonyl (C=O) groups excluding carboxylic acids is 1. The van der Waals surface area contributed by atoms with Gasteiger partial charge >= 0.3 is 0 Å². The van der Waals surface area contributed by atoms with E-state index in [4.69, 9.17) is 4.74 Å². The van der Waals surface area contributed by atoms with Gasteiger partial charge in [0.15, 0.2) is 9.84 Å². The lowest BCUT2D eigenvalue weighted by molar-refractivity contribution is -0.136. The van der Waals surface area contributed by atoms with Crippen molar-refractivity contribution in [1.29, 1.82) is 0 Å². The smallest absolute Gasteiger partial charge is 0.236 e. The zero-order valence-electron chi connectivity index (χ0n) is 17.5. The minimum atomic E-state index is -3.34. The Morgan fingerprint density at radius 3 is 2.52 bits per heavy atom. The van der Waals surface area contributed by atoms with Crippen molar-refractivity contribution in [3.05, 3.63) is 24.3 Å². The van der Waals surface area contributed by atoms with Gasteiger partial charge in [-0.15, -0.1) is 0 Å². The molecule has 0 aliphatic carbocycles. The third kappa shape index (κ3) is 5.93. The van der Waals surface area contributed by atoms with Crippen molar-refractivity contribution in [1.82, 2.24) is 14.7 Å². The lowest BCUT2D eigenvalue weighted by atomic mass is 10.0. The second-order valence-corrected chi connectivity index (χ2v) is 10.2. The highest BCUT2D eigenvalue weighted by molar-refractivity contribution is 7.91. The van der Waals surface area contributed by atoms with Crippen molar-refractivity contribution in [2.24, 2.45) is 0 Å². The molecule has 1 atom stereocenters. The van der Waals surface area contributed by atoms with Crippen LogP contribution in [0.3, 0.4) is 0 Å². The molecule has 29 heavy (non-hydrogen) atoms. The maximum atomic E-state index is 12.6. The topological polar surface area (TPSA) is 70.2 Å². The van der Waals surface area contributed by atoms with E-state index in [-0.39, 0.29) is 11.7 Å². The molecular formula is C21H33N3O4S. The first kappa shape index (κ1) is 22.1. The largest absolute Gasteiger partial charge is 0.497 e. The van der Waals surface area contributed by atoms with Gasteiger partial charge in [-0.1, -0.05) is 6.07 Å². The summed E-state index contributed by atoms with van der Waals surface area (Å²) in [4.78, 5) is 19.3. The molecule has 1 aromatic carbocycles. The molecule has 0 N–H and O–H groups in total. The normalized spacial score (nSPS) is 21.9. The van der Waals surface area contributed by atoms with Crippen LogP contribution in [0.25, 0.3) is 0 Å². The fourth-order valence-corrected chi connectivity index (χ4v) is 5.40. The van der Waals surface area contributed by atoms with Crippen LogP contribution in [0.2, 0.25) is 0 Å². The molecule has 1 amide bonds. The summed E-state index contributed by atoms with van der Waals surface area (Å²) in [7, 11) is -1.81. The average molecular weight is 424 g/mol. The van der Waals surface area contributed by atoms with Crippen LogP contribution in [-0.2, 0) is 14.6 Å². The van der Waals surface area contributed by atoms with Crippen LogP contribution < -0.4 is 4.74 Å². The van der Waals surface area contributed by atoms with Crippen LogP contribution >= 0.6 is 0 Å². The zero-order chi connectivity index (χ0) is 20.9. The van der Waals surface area contributed by atoms with Crippen LogP contribution in [0.4, 0.5) is 0 Å². The molecule has 8 heteroatoms. The first-order valence-electron chi connectivity index (χ1n) is 10.5. The van der Waals surface area contributed by atoms with Gasteiger partial charge in [0.2, 0.25) is 5.91 Å². The Hall–Kier alpha value is -1.64. The first-order chi connectivity index (χ1) is 13.9. The van der Waals surface area contributed by atoms with Gasteiger partial charge in [-0.3, -0.25) is 14.6 Å². The minimum Gasteiger partial charge on any atom is -0.497 e. The summed E-state index contributed by atoms with van der Waals surface area (Å²) in [5, 5.41) is 0. The predicted octanol–water partition coefficient (Wildman–Crippen LogP) is 1.49. The summed E-state index contributed by atoms with van der Waals surface area (Å²) < 4.78 is 30.4. The molecule has 2 aliphatic rings.